The number of anilines is 1. The van der Waals surface area contributed by atoms with E-state index in [9.17, 15) is 4.79 Å². The van der Waals surface area contributed by atoms with Gasteiger partial charge >= 0.3 is 5.97 Å². The molecule has 0 fully saturated rings. The van der Waals surface area contributed by atoms with E-state index in [2.05, 4.69) is 15.0 Å². The average molecular weight is 253 g/mol. The molecule has 0 aromatic carbocycles. The lowest BCUT2D eigenvalue weighted by molar-refractivity contribution is -0.141. The second-order valence-corrected chi connectivity index (χ2v) is 2.60. The molecular formula is C9H14Cl2N2O2. The Balaban J connectivity index is 0. The Labute approximate surface area is 101 Å². The van der Waals surface area contributed by atoms with Crippen molar-refractivity contribution in [2.24, 2.45) is 0 Å². The smallest absolute Gasteiger partial charge is 0.328 e. The van der Waals surface area contributed by atoms with Gasteiger partial charge in [-0.1, -0.05) is 6.07 Å². The number of aromatic nitrogens is 1. The maximum atomic E-state index is 11.0. The van der Waals surface area contributed by atoms with Gasteiger partial charge in [0.1, 0.15) is 11.9 Å². The number of esters is 1. The number of hydrogen-bond donors (Lipinski definition) is 1. The van der Waals surface area contributed by atoms with Crippen LogP contribution in [0.25, 0.3) is 0 Å². The van der Waals surface area contributed by atoms with E-state index in [1.54, 1.807) is 19.2 Å². The molecular weight excluding hydrogens is 239 g/mol. The second kappa shape index (κ2) is 8.32. The molecule has 0 bridgehead atoms. The number of carbonyl (C=O) groups excluding carboxylic acids is 1. The number of hydrogen-bond acceptors (Lipinski definition) is 4. The van der Waals surface area contributed by atoms with Crippen molar-refractivity contribution in [2.75, 3.05) is 12.4 Å². The van der Waals surface area contributed by atoms with Crippen LogP contribution in [0.5, 0.6) is 0 Å². The Morgan fingerprint density at radius 1 is 1.47 bits per heavy atom. The van der Waals surface area contributed by atoms with E-state index in [-0.39, 0.29) is 36.8 Å². The van der Waals surface area contributed by atoms with Crippen molar-refractivity contribution < 1.29 is 9.53 Å². The van der Waals surface area contributed by atoms with Crippen LogP contribution in [0.15, 0.2) is 24.4 Å². The molecule has 1 atom stereocenters. The summed E-state index contributed by atoms with van der Waals surface area (Å²) in [5.41, 5.74) is 0. The minimum Gasteiger partial charge on any atom is -0.467 e. The Morgan fingerprint density at radius 2 is 2.13 bits per heavy atom. The highest BCUT2D eigenvalue weighted by molar-refractivity contribution is 5.85. The van der Waals surface area contributed by atoms with E-state index in [1.807, 2.05) is 12.1 Å². The monoisotopic (exact) mass is 252 g/mol. The molecule has 1 aromatic rings. The van der Waals surface area contributed by atoms with Gasteiger partial charge in [0.2, 0.25) is 0 Å². The first-order chi connectivity index (χ1) is 6.24. The second-order valence-electron chi connectivity index (χ2n) is 2.60. The predicted molar refractivity (Wildman–Crippen MR) is 63.8 cm³/mol. The fourth-order valence-corrected chi connectivity index (χ4v) is 0.906. The standard InChI is InChI=1S/C9H12N2O2.2ClH/c1-7(9(12)13-2)11-8-5-3-4-6-10-8;;/h3-7H,1-2H3,(H,10,11);2*1H/t7-;;/m0../s1. The van der Waals surface area contributed by atoms with Crippen LogP contribution in [0.2, 0.25) is 0 Å². The van der Waals surface area contributed by atoms with Crippen LogP contribution in [-0.2, 0) is 9.53 Å². The highest BCUT2D eigenvalue weighted by Gasteiger charge is 2.11. The van der Waals surface area contributed by atoms with E-state index in [0.29, 0.717) is 5.82 Å². The van der Waals surface area contributed by atoms with Crippen molar-refractivity contribution in [3.8, 4) is 0 Å². The summed E-state index contributed by atoms with van der Waals surface area (Å²) in [6.45, 7) is 1.72. The zero-order valence-corrected chi connectivity index (χ0v) is 10.1. The Hall–Kier alpha value is -1.000. The molecule has 0 amide bonds. The van der Waals surface area contributed by atoms with Crippen LogP contribution in [0, 0.1) is 0 Å². The van der Waals surface area contributed by atoms with E-state index >= 15 is 0 Å². The van der Waals surface area contributed by atoms with Crippen LogP contribution < -0.4 is 5.32 Å². The van der Waals surface area contributed by atoms with Gasteiger partial charge in [-0.05, 0) is 19.1 Å². The number of halogens is 2. The van der Waals surface area contributed by atoms with E-state index in [0.717, 1.165) is 0 Å². The highest BCUT2D eigenvalue weighted by atomic mass is 35.5. The Morgan fingerprint density at radius 3 is 2.60 bits per heavy atom. The summed E-state index contributed by atoms with van der Waals surface area (Å²) in [7, 11) is 1.36. The van der Waals surface area contributed by atoms with Gasteiger partial charge in [0, 0.05) is 6.20 Å². The molecule has 0 spiro atoms. The van der Waals surface area contributed by atoms with Crippen LogP contribution >= 0.6 is 24.8 Å². The lowest BCUT2D eigenvalue weighted by Crippen LogP contribution is -2.27. The molecule has 0 aliphatic heterocycles. The summed E-state index contributed by atoms with van der Waals surface area (Å²) >= 11 is 0. The third-order valence-electron chi connectivity index (χ3n) is 1.58. The van der Waals surface area contributed by atoms with Gasteiger partial charge in [-0.3, -0.25) is 0 Å². The lowest BCUT2D eigenvalue weighted by atomic mass is 10.3. The van der Waals surface area contributed by atoms with Crippen molar-refractivity contribution >= 4 is 36.6 Å². The maximum Gasteiger partial charge on any atom is 0.328 e. The fourth-order valence-electron chi connectivity index (χ4n) is 0.906. The molecule has 15 heavy (non-hydrogen) atoms. The predicted octanol–water partition coefficient (Wildman–Crippen LogP) is 1.90. The molecule has 1 heterocycles. The topological polar surface area (TPSA) is 51.2 Å². The van der Waals surface area contributed by atoms with E-state index in [4.69, 9.17) is 0 Å². The van der Waals surface area contributed by atoms with Gasteiger partial charge in [0.05, 0.1) is 7.11 Å². The molecule has 1 rings (SSSR count). The molecule has 0 aliphatic rings. The zero-order valence-electron chi connectivity index (χ0n) is 8.47. The van der Waals surface area contributed by atoms with Crippen molar-refractivity contribution in [2.45, 2.75) is 13.0 Å². The molecule has 0 radical (unpaired) electrons. The molecule has 0 unspecified atom stereocenters. The van der Waals surface area contributed by atoms with Crippen molar-refractivity contribution in [1.29, 1.82) is 0 Å². The normalized spacial score (nSPS) is 10.3. The van der Waals surface area contributed by atoms with Crippen LogP contribution in [0.4, 0.5) is 5.82 Å². The van der Waals surface area contributed by atoms with Crippen molar-refractivity contribution in [3.63, 3.8) is 0 Å². The molecule has 0 aliphatic carbocycles. The molecule has 0 saturated carbocycles. The molecule has 86 valence electrons. The van der Waals surface area contributed by atoms with Crippen LogP contribution in [0.3, 0.4) is 0 Å². The first kappa shape index (κ1) is 16.4. The molecule has 6 heteroatoms. The first-order valence-corrected chi connectivity index (χ1v) is 3.99. The summed E-state index contributed by atoms with van der Waals surface area (Å²) in [4.78, 5) is 15.0. The Kier molecular flexibility index (Phi) is 9.11. The minimum atomic E-state index is -0.375. The number of pyridine rings is 1. The number of carbonyl (C=O) groups is 1. The molecule has 1 aromatic heterocycles. The van der Waals surface area contributed by atoms with Gasteiger partial charge in [-0.25, -0.2) is 9.78 Å². The fraction of sp³-hybridized carbons (Fsp3) is 0.333. The maximum absolute atomic E-state index is 11.0. The van der Waals surface area contributed by atoms with Crippen LogP contribution in [0.1, 0.15) is 6.92 Å². The number of nitrogens with one attached hydrogen (secondary N) is 1. The van der Waals surface area contributed by atoms with Gasteiger partial charge in [-0.15, -0.1) is 24.8 Å². The summed E-state index contributed by atoms with van der Waals surface area (Å²) < 4.78 is 4.55. The van der Waals surface area contributed by atoms with Gasteiger partial charge in [0.15, 0.2) is 0 Å². The average Bonchev–Trinajstić information content (AvgIpc) is 2.18. The van der Waals surface area contributed by atoms with Gasteiger partial charge in [0.25, 0.3) is 0 Å². The summed E-state index contributed by atoms with van der Waals surface area (Å²) in [6.07, 6.45) is 1.66. The van der Waals surface area contributed by atoms with E-state index < -0.39 is 0 Å². The third-order valence-corrected chi connectivity index (χ3v) is 1.58. The lowest BCUT2D eigenvalue weighted by Gasteiger charge is -2.11. The third kappa shape index (κ3) is 5.44. The largest absolute Gasteiger partial charge is 0.467 e. The SMILES string of the molecule is COC(=O)[C@H](C)Nc1ccccn1.Cl.Cl. The highest BCUT2D eigenvalue weighted by Crippen LogP contribution is 2.02. The molecule has 4 nitrogen and oxygen atoms in total. The molecule has 0 saturated heterocycles. The first-order valence-electron chi connectivity index (χ1n) is 3.99. The minimum absolute atomic E-state index is 0. The zero-order chi connectivity index (χ0) is 9.68. The Bertz CT molecular complexity index is 283. The summed E-state index contributed by atoms with van der Waals surface area (Å²) in [5, 5.41) is 2.91. The van der Waals surface area contributed by atoms with Gasteiger partial charge in [-0.2, -0.15) is 0 Å². The van der Waals surface area contributed by atoms with Gasteiger partial charge < -0.3 is 10.1 Å². The number of ether oxygens (including phenoxy) is 1. The van der Waals surface area contributed by atoms with Crippen molar-refractivity contribution in [3.05, 3.63) is 24.4 Å². The summed E-state index contributed by atoms with van der Waals surface area (Å²) in [5.74, 6) is 0.367. The number of nitrogens with zero attached hydrogens (tertiary/aromatic N) is 1. The van der Waals surface area contributed by atoms with E-state index in [1.165, 1.54) is 7.11 Å². The molecule has 1 N–H and O–H groups in total. The van der Waals surface area contributed by atoms with Crippen molar-refractivity contribution in [1.82, 2.24) is 4.98 Å². The number of methoxy groups -OCH3 is 1. The quantitative estimate of drug-likeness (QED) is 0.836. The van der Waals surface area contributed by atoms with Crippen LogP contribution in [-0.4, -0.2) is 24.1 Å². The number of rotatable bonds is 3. The summed E-state index contributed by atoms with van der Waals surface area (Å²) in [6, 6.07) is 5.08.